The third kappa shape index (κ3) is 57.0. The van der Waals surface area contributed by atoms with Gasteiger partial charge in [0.1, 0.15) is 13.2 Å². The zero-order chi connectivity index (χ0) is 52.2. The number of esters is 3. The molecule has 0 saturated heterocycles. The van der Waals surface area contributed by atoms with E-state index in [1.54, 1.807) is 0 Å². The molecule has 0 aromatic carbocycles. The predicted molar refractivity (Wildman–Crippen MR) is 311 cm³/mol. The average Bonchev–Trinajstić information content (AvgIpc) is 3.38. The number of carbonyl (C=O) groups excluding carboxylic acids is 3. The fourth-order valence-electron chi connectivity index (χ4n) is 8.07. The molecule has 0 aromatic rings. The van der Waals surface area contributed by atoms with Gasteiger partial charge in [0.25, 0.3) is 0 Å². The van der Waals surface area contributed by atoms with Gasteiger partial charge in [-0.3, -0.25) is 14.4 Å². The van der Waals surface area contributed by atoms with Crippen LogP contribution in [0, 0.1) is 0 Å². The van der Waals surface area contributed by atoms with E-state index in [0.29, 0.717) is 19.3 Å². The summed E-state index contributed by atoms with van der Waals surface area (Å²) in [6, 6.07) is 0. The van der Waals surface area contributed by atoms with Gasteiger partial charge in [-0.15, -0.1) is 0 Å². The van der Waals surface area contributed by atoms with Crippen molar-refractivity contribution in [1.82, 2.24) is 0 Å². The van der Waals surface area contributed by atoms with Crippen LogP contribution in [0.1, 0.15) is 271 Å². The molecule has 410 valence electrons. The molecule has 72 heavy (non-hydrogen) atoms. The maximum Gasteiger partial charge on any atom is 0.306 e. The summed E-state index contributed by atoms with van der Waals surface area (Å²) in [7, 11) is 0. The number of carbonyl (C=O) groups is 3. The van der Waals surface area contributed by atoms with Crippen molar-refractivity contribution in [3.05, 3.63) is 109 Å². The quantitative estimate of drug-likeness (QED) is 0.0261. The Morgan fingerprint density at radius 2 is 0.542 bits per heavy atom. The number of ether oxygens (including phenoxy) is 3. The van der Waals surface area contributed by atoms with E-state index in [4.69, 9.17) is 14.2 Å². The predicted octanol–water partition coefficient (Wildman–Crippen LogP) is 20.3. The lowest BCUT2D eigenvalue weighted by molar-refractivity contribution is -0.167. The summed E-state index contributed by atoms with van der Waals surface area (Å²) in [4.78, 5) is 38.2. The van der Waals surface area contributed by atoms with Gasteiger partial charge in [0.05, 0.1) is 0 Å². The molecule has 1 atom stereocenters. The molecular weight excluding hydrogens is 889 g/mol. The Morgan fingerprint density at radius 1 is 0.292 bits per heavy atom. The largest absolute Gasteiger partial charge is 0.462 e. The number of hydrogen-bond acceptors (Lipinski definition) is 6. The van der Waals surface area contributed by atoms with E-state index in [9.17, 15) is 14.4 Å². The van der Waals surface area contributed by atoms with Crippen molar-refractivity contribution in [1.29, 1.82) is 0 Å². The molecule has 0 amide bonds. The minimum atomic E-state index is -0.795. The Morgan fingerprint density at radius 3 is 0.861 bits per heavy atom. The lowest BCUT2D eigenvalue weighted by Gasteiger charge is -2.18. The average molecular weight is 1000 g/mol. The first-order valence-electron chi connectivity index (χ1n) is 29.9. The summed E-state index contributed by atoms with van der Waals surface area (Å²) in [5, 5.41) is 0. The van der Waals surface area contributed by atoms with E-state index in [1.807, 2.05) is 0 Å². The summed E-state index contributed by atoms with van der Waals surface area (Å²) in [6.45, 7) is 6.39. The van der Waals surface area contributed by atoms with Gasteiger partial charge in [-0.1, -0.05) is 239 Å². The highest BCUT2D eigenvalue weighted by Gasteiger charge is 2.19. The summed E-state index contributed by atoms with van der Waals surface area (Å²) in [5.41, 5.74) is 0. The molecule has 0 aromatic heterocycles. The second kappa shape index (κ2) is 59.6. The van der Waals surface area contributed by atoms with E-state index >= 15 is 0 Å². The van der Waals surface area contributed by atoms with Gasteiger partial charge in [-0.05, 0) is 122 Å². The van der Waals surface area contributed by atoms with E-state index in [0.717, 1.165) is 141 Å². The smallest absolute Gasteiger partial charge is 0.306 e. The van der Waals surface area contributed by atoms with Gasteiger partial charge in [0.2, 0.25) is 0 Å². The van der Waals surface area contributed by atoms with Gasteiger partial charge in [0, 0.05) is 19.3 Å². The zero-order valence-corrected chi connectivity index (χ0v) is 46.9. The second-order valence-electron chi connectivity index (χ2n) is 19.5. The van der Waals surface area contributed by atoms with Crippen molar-refractivity contribution in [2.24, 2.45) is 0 Å². The number of hydrogen-bond donors (Lipinski definition) is 0. The topological polar surface area (TPSA) is 78.9 Å². The Bertz CT molecular complexity index is 1470. The van der Waals surface area contributed by atoms with Gasteiger partial charge >= 0.3 is 17.9 Å². The van der Waals surface area contributed by atoms with Crippen LogP contribution in [-0.2, 0) is 28.6 Å². The highest BCUT2D eigenvalue weighted by Crippen LogP contribution is 2.15. The molecule has 0 aliphatic carbocycles. The van der Waals surface area contributed by atoms with Gasteiger partial charge in [-0.25, -0.2) is 0 Å². The van der Waals surface area contributed by atoms with Gasteiger partial charge in [0.15, 0.2) is 6.10 Å². The van der Waals surface area contributed by atoms with E-state index in [-0.39, 0.29) is 31.1 Å². The van der Waals surface area contributed by atoms with E-state index in [2.05, 4.69) is 130 Å². The Labute approximate surface area is 444 Å². The lowest BCUT2D eigenvalue weighted by atomic mass is 10.1. The molecule has 0 aliphatic heterocycles. The highest BCUT2D eigenvalue weighted by molar-refractivity contribution is 5.71. The fraction of sp³-hybridized carbons (Fsp3) is 0.682. The van der Waals surface area contributed by atoms with Crippen molar-refractivity contribution >= 4 is 17.9 Å². The first kappa shape index (κ1) is 68.1. The highest BCUT2D eigenvalue weighted by atomic mass is 16.6. The minimum absolute atomic E-state index is 0.0918. The normalized spacial score (nSPS) is 12.9. The molecule has 0 spiro atoms. The zero-order valence-electron chi connectivity index (χ0n) is 46.9. The maximum atomic E-state index is 12.9. The molecule has 0 rings (SSSR count). The maximum absolute atomic E-state index is 12.9. The molecule has 0 fully saturated rings. The first-order valence-corrected chi connectivity index (χ1v) is 29.9. The minimum Gasteiger partial charge on any atom is -0.462 e. The van der Waals surface area contributed by atoms with Crippen LogP contribution in [0.25, 0.3) is 0 Å². The molecule has 0 saturated carbocycles. The monoisotopic (exact) mass is 999 g/mol. The Balaban J connectivity index is 4.36. The van der Waals surface area contributed by atoms with Gasteiger partial charge < -0.3 is 14.2 Å². The third-order valence-electron chi connectivity index (χ3n) is 12.5. The Kier molecular flexibility index (Phi) is 56.4. The third-order valence-corrected chi connectivity index (χ3v) is 12.5. The summed E-state index contributed by atoms with van der Waals surface area (Å²) < 4.78 is 16.9. The van der Waals surface area contributed by atoms with Crippen molar-refractivity contribution in [2.75, 3.05) is 13.2 Å². The molecule has 0 bridgehead atoms. The molecule has 6 heteroatoms. The number of unbranched alkanes of at least 4 members (excludes halogenated alkanes) is 24. The first-order chi connectivity index (χ1) is 35.5. The van der Waals surface area contributed by atoms with Gasteiger partial charge in [-0.2, -0.15) is 0 Å². The molecule has 0 N–H and O–H groups in total. The van der Waals surface area contributed by atoms with Crippen LogP contribution < -0.4 is 0 Å². The molecular formula is C66H110O6. The molecule has 0 aliphatic rings. The standard InChI is InChI=1S/C66H110O6/c1-4-7-10-13-16-19-22-25-28-29-30-31-32-33-34-35-36-37-39-41-44-47-50-53-56-59-65(68)71-62-63(61-70-64(67)58-55-52-49-46-43-40-27-24-21-18-15-12-9-6-3)72-66(69)60-57-54-51-48-45-42-38-26-23-20-17-14-11-8-5-2/h7-8,10-11,16-17,19-20,24-28,30-31,33-34,38,63H,4-6,9,12-15,18,21-23,29,32,35-37,39-62H2,1-3H3/b10-7-,11-8-,19-16-,20-17-,27-24-,28-25-,31-30-,34-33-,38-26-. The van der Waals surface area contributed by atoms with Crippen LogP contribution in [-0.4, -0.2) is 37.2 Å². The van der Waals surface area contributed by atoms with Crippen LogP contribution in [0.3, 0.4) is 0 Å². The van der Waals surface area contributed by atoms with Crippen LogP contribution in [0.15, 0.2) is 109 Å². The van der Waals surface area contributed by atoms with Crippen molar-refractivity contribution < 1.29 is 28.6 Å². The second-order valence-corrected chi connectivity index (χ2v) is 19.5. The summed E-state index contributed by atoms with van der Waals surface area (Å²) in [6.07, 6.45) is 80.8. The Hall–Kier alpha value is -3.93. The van der Waals surface area contributed by atoms with Crippen LogP contribution in [0.5, 0.6) is 0 Å². The summed E-state index contributed by atoms with van der Waals surface area (Å²) >= 11 is 0. The van der Waals surface area contributed by atoms with Crippen LogP contribution in [0.4, 0.5) is 0 Å². The summed E-state index contributed by atoms with van der Waals surface area (Å²) in [5.74, 6) is -0.920. The van der Waals surface area contributed by atoms with E-state index < -0.39 is 6.10 Å². The van der Waals surface area contributed by atoms with Crippen molar-refractivity contribution in [2.45, 2.75) is 277 Å². The fourth-order valence-corrected chi connectivity index (χ4v) is 8.07. The molecule has 0 radical (unpaired) electrons. The SMILES string of the molecule is CC/C=C\C/C=C\C/C=C\C/C=C\C/C=C\CCCCCCCCCCCC(=O)OCC(COC(=O)CCCCCCC/C=C\CCCCCCC)OC(=O)CCCCCCC/C=C\C/C=C\C/C=C\CC. The molecule has 1 unspecified atom stereocenters. The van der Waals surface area contributed by atoms with E-state index in [1.165, 1.54) is 89.9 Å². The van der Waals surface area contributed by atoms with Crippen molar-refractivity contribution in [3.8, 4) is 0 Å². The van der Waals surface area contributed by atoms with Crippen molar-refractivity contribution in [3.63, 3.8) is 0 Å². The molecule has 6 nitrogen and oxygen atoms in total. The van der Waals surface area contributed by atoms with Crippen LogP contribution >= 0.6 is 0 Å². The molecule has 0 heterocycles. The van der Waals surface area contributed by atoms with Crippen LogP contribution in [0.2, 0.25) is 0 Å². The lowest BCUT2D eigenvalue weighted by Crippen LogP contribution is -2.30. The number of rotatable bonds is 53. The number of allylic oxidation sites excluding steroid dienone is 18.